The van der Waals surface area contributed by atoms with Crippen molar-refractivity contribution in [1.29, 1.82) is 0 Å². The molecule has 0 spiro atoms. The Kier molecular flexibility index (Phi) is 4.54. The summed E-state index contributed by atoms with van der Waals surface area (Å²) in [6, 6.07) is 5.64. The van der Waals surface area contributed by atoms with Crippen molar-refractivity contribution in [1.82, 2.24) is 0 Å². The molecular formula is C14H12O6S. The molecule has 2 aromatic rings. The number of carboxylic acid groups (broad SMARTS) is 1. The zero-order valence-corrected chi connectivity index (χ0v) is 11.9. The topological polar surface area (TPSA) is 93.8 Å². The van der Waals surface area contributed by atoms with Gasteiger partial charge < -0.3 is 14.3 Å². The summed E-state index contributed by atoms with van der Waals surface area (Å²) < 4.78 is 9.70. The quantitative estimate of drug-likeness (QED) is 0.853. The highest BCUT2D eigenvalue weighted by Gasteiger charge is 2.18. The second kappa shape index (κ2) is 6.36. The summed E-state index contributed by atoms with van der Waals surface area (Å²) in [4.78, 5) is 34.8. The minimum absolute atomic E-state index is 0.252. The summed E-state index contributed by atoms with van der Waals surface area (Å²) in [5.74, 6) is -2.24. The highest BCUT2D eigenvalue weighted by molar-refractivity contribution is 7.17. The van der Waals surface area contributed by atoms with Crippen molar-refractivity contribution in [2.24, 2.45) is 0 Å². The van der Waals surface area contributed by atoms with E-state index in [1.54, 1.807) is 12.1 Å². The van der Waals surface area contributed by atoms with Gasteiger partial charge in [-0.25, -0.2) is 14.4 Å². The smallest absolute Gasteiger partial charge is 0.372 e. The predicted octanol–water partition coefficient (Wildman–Crippen LogP) is 2.63. The van der Waals surface area contributed by atoms with Crippen LogP contribution in [0.5, 0.6) is 0 Å². The molecule has 0 unspecified atom stereocenters. The Morgan fingerprint density at radius 1 is 1.29 bits per heavy atom. The van der Waals surface area contributed by atoms with E-state index in [1.807, 2.05) is 6.92 Å². The van der Waals surface area contributed by atoms with Crippen LogP contribution in [0.4, 0.5) is 0 Å². The molecule has 0 saturated carbocycles. The minimum atomic E-state index is -1.34. The van der Waals surface area contributed by atoms with Crippen LogP contribution in [0, 0.1) is 0 Å². The monoisotopic (exact) mass is 308 g/mol. The van der Waals surface area contributed by atoms with Gasteiger partial charge in [0.2, 0.25) is 5.76 Å². The van der Waals surface area contributed by atoms with Crippen LogP contribution < -0.4 is 5.63 Å². The molecule has 0 fully saturated rings. The molecular weight excluding hydrogens is 296 g/mol. The lowest BCUT2D eigenvalue weighted by atomic mass is 10.2. The van der Waals surface area contributed by atoms with Crippen molar-refractivity contribution in [2.75, 3.05) is 6.61 Å². The van der Waals surface area contributed by atoms with Crippen LogP contribution in [0.25, 0.3) is 10.4 Å². The van der Waals surface area contributed by atoms with Crippen LogP contribution in [0.2, 0.25) is 0 Å². The van der Waals surface area contributed by atoms with Crippen molar-refractivity contribution in [3.8, 4) is 10.4 Å². The first-order valence-corrected chi connectivity index (χ1v) is 6.99. The normalized spacial score (nSPS) is 10.3. The Labute approximate surface area is 123 Å². The molecule has 110 valence electrons. The molecule has 2 aromatic heterocycles. The zero-order valence-electron chi connectivity index (χ0n) is 11.1. The number of carboxylic acids is 1. The molecule has 0 saturated heterocycles. The van der Waals surface area contributed by atoms with Crippen molar-refractivity contribution in [2.45, 2.75) is 13.3 Å². The largest absolute Gasteiger partial charge is 0.475 e. The molecule has 0 atom stereocenters. The summed E-state index contributed by atoms with van der Waals surface area (Å²) in [5, 5.41) is 9.06. The van der Waals surface area contributed by atoms with E-state index in [-0.39, 0.29) is 5.56 Å². The third-order valence-electron chi connectivity index (χ3n) is 2.54. The molecule has 2 heterocycles. The number of hydrogen-bond acceptors (Lipinski definition) is 6. The van der Waals surface area contributed by atoms with Gasteiger partial charge in [0.15, 0.2) is 0 Å². The minimum Gasteiger partial charge on any atom is -0.475 e. The molecule has 7 heteroatoms. The van der Waals surface area contributed by atoms with Crippen LogP contribution in [-0.2, 0) is 4.74 Å². The molecule has 0 radical (unpaired) electrons. The van der Waals surface area contributed by atoms with Crippen LogP contribution in [0.3, 0.4) is 0 Å². The number of rotatable bonds is 5. The van der Waals surface area contributed by atoms with Crippen LogP contribution in [0.15, 0.2) is 33.5 Å². The van der Waals surface area contributed by atoms with Gasteiger partial charge >= 0.3 is 17.6 Å². The van der Waals surface area contributed by atoms with E-state index in [1.165, 1.54) is 6.07 Å². The lowest BCUT2D eigenvalue weighted by Crippen LogP contribution is -2.06. The van der Waals surface area contributed by atoms with E-state index in [9.17, 15) is 14.4 Å². The third kappa shape index (κ3) is 3.38. The zero-order chi connectivity index (χ0) is 15.4. The van der Waals surface area contributed by atoms with Crippen LogP contribution >= 0.6 is 11.3 Å². The average molecular weight is 308 g/mol. The summed E-state index contributed by atoms with van der Waals surface area (Å²) in [6.07, 6.45) is 0.719. The summed E-state index contributed by atoms with van der Waals surface area (Å²) in [7, 11) is 0. The fourth-order valence-corrected chi connectivity index (χ4v) is 2.55. The number of thiophene rings is 1. The molecule has 0 aliphatic rings. The number of hydrogen-bond donors (Lipinski definition) is 1. The predicted molar refractivity (Wildman–Crippen MR) is 75.8 cm³/mol. The second-order valence-electron chi connectivity index (χ2n) is 4.10. The maximum absolute atomic E-state index is 11.7. The fraction of sp³-hybridized carbons (Fsp3) is 0.214. The van der Waals surface area contributed by atoms with Crippen LogP contribution in [-0.4, -0.2) is 23.7 Å². The van der Waals surface area contributed by atoms with Crippen LogP contribution in [0.1, 0.15) is 33.6 Å². The summed E-state index contributed by atoms with van der Waals surface area (Å²) >= 11 is 1.08. The van der Waals surface area contributed by atoms with E-state index in [2.05, 4.69) is 0 Å². The van der Waals surface area contributed by atoms with Gasteiger partial charge in [0.05, 0.1) is 6.61 Å². The van der Waals surface area contributed by atoms with E-state index < -0.39 is 23.3 Å². The molecule has 2 rings (SSSR count). The molecule has 21 heavy (non-hydrogen) atoms. The van der Waals surface area contributed by atoms with Gasteiger partial charge in [-0.1, -0.05) is 6.92 Å². The number of ether oxygens (including phenoxy) is 1. The fourth-order valence-electron chi connectivity index (χ4n) is 1.63. The Balaban J connectivity index is 2.36. The van der Waals surface area contributed by atoms with Gasteiger partial charge in [0.1, 0.15) is 4.88 Å². The molecule has 0 amide bonds. The maximum Gasteiger partial charge on any atom is 0.372 e. The average Bonchev–Trinajstić information content (AvgIpc) is 2.94. The van der Waals surface area contributed by atoms with Crippen molar-refractivity contribution in [3.63, 3.8) is 0 Å². The van der Waals surface area contributed by atoms with E-state index in [0.717, 1.165) is 23.8 Å². The summed E-state index contributed by atoms with van der Waals surface area (Å²) in [5.41, 5.74) is -0.489. The SMILES string of the molecule is CCCOC(=O)c1ccc(-c2ccc(=O)oc2C(=O)O)s1. The Morgan fingerprint density at radius 3 is 2.71 bits per heavy atom. The highest BCUT2D eigenvalue weighted by atomic mass is 32.1. The van der Waals surface area contributed by atoms with E-state index in [0.29, 0.717) is 16.4 Å². The van der Waals surface area contributed by atoms with E-state index >= 15 is 0 Å². The van der Waals surface area contributed by atoms with Gasteiger partial charge in [-0.2, -0.15) is 0 Å². The van der Waals surface area contributed by atoms with Gasteiger partial charge in [0, 0.05) is 16.5 Å². The van der Waals surface area contributed by atoms with Gasteiger partial charge in [-0.3, -0.25) is 0 Å². The number of carbonyl (C=O) groups is 2. The molecule has 0 aromatic carbocycles. The Morgan fingerprint density at radius 2 is 2.05 bits per heavy atom. The Bertz CT molecular complexity index is 727. The summed E-state index contributed by atoms with van der Waals surface area (Å²) in [6.45, 7) is 2.21. The van der Waals surface area contributed by atoms with Gasteiger partial charge in [-0.05, 0) is 24.6 Å². The van der Waals surface area contributed by atoms with Crippen molar-refractivity contribution in [3.05, 3.63) is 45.3 Å². The van der Waals surface area contributed by atoms with Crippen molar-refractivity contribution < 1.29 is 23.8 Å². The molecule has 1 N–H and O–H groups in total. The maximum atomic E-state index is 11.7. The highest BCUT2D eigenvalue weighted by Crippen LogP contribution is 2.30. The molecule has 0 bridgehead atoms. The van der Waals surface area contributed by atoms with Gasteiger partial charge in [-0.15, -0.1) is 11.3 Å². The van der Waals surface area contributed by atoms with Crippen molar-refractivity contribution >= 4 is 23.3 Å². The third-order valence-corrected chi connectivity index (χ3v) is 3.64. The standard InChI is InChI=1S/C14H12O6S/c1-2-7-19-14(18)10-5-4-9(21-10)8-3-6-11(15)20-12(8)13(16)17/h3-6H,2,7H2,1H3,(H,16,17). The number of aromatic carboxylic acids is 1. The number of esters is 1. The first-order valence-electron chi connectivity index (χ1n) is 6.17. The molecule has 6 nitrogen and oxygen atoms in total. The first kappa shape index (κ1) is 15.0. The van der Waals surface area contributed by atoms with E-state index in [4.69, 9.17) is 14.3 Å². The first-order chi connectivity index (χ1) is 10.0. The lowest BCUT2D eigenvalue weighted by Gasteiger charge is -2.01. The number of carbonyl (C=O) groups excluding carboxylic acids is 1. The second-order valence-corrected chi connectivity index (χ2v) is 5.19. The Hall–Kier alpha value is -2.41. The van der Waals surface area contributed by atoms with Gasteiger partial charge in [0.25, 0.3) is 0 Å². The molecule has 0 aliphatic heterocycles. The molecule has 0 aliphatic carbocycles. The lowest BCUT2D eigenvalue weighted by molar-refractivity contribution is 0.0510.